The number of unbranched alkanes of at least 4 members (excludes halogenated alkanes) is 1. The predicted molar refractivity (Wildman–Crippen MR) is 97.2 cm³/mol. The topological polar surface area (TPSA) is 78.5 Å². The number of aryl methyl sites for hydroxylation is 1. The van der Waals surface area contributed by atoms with E-state index in [2.05, 4.69) is 26.7 Å². The monoisotopic (exact) mass is 333 g/mol. The summed E-state index contributed by atoms with van der Waals surface area (Å²) in [7, 11) is 0. The lowest BCUT2D eigenvalue weighted by Gasteiger charge is -2.33. The summed E-state index contributed by atoms with van der Waals surface area (Å²) in [6.07, 6.45) is 6.70. The van der Waals surface area contributed by atoms with Crippen LogP contribution in [0.1, 0.15) is 50.3 Å². The maximum atomic E-state index is 10.6. The third-order valence-electron chi connectivity index (χ3n) is 5.41. The Hall–Kier alpha value is -1.40. The number of anilines is 2. The number of aromatic nitrogens is 2. The molecule has 0 spiro atoms. The van der Waals surface area contributed by atoms with E-state index in [1.165, 1.54) is 24.8 Å². The van der Waals surface area contributed by atoms with Gasteiger partial charge in [0.2, 0.25) is 5.95 Å². The van der Waals surface area contributed by atoms with Crippen molar-refractivity contribution in [1.29, 1.82) is 0 Å². The first-order valence-corrected chi connectivity index (χ1v) is 9.40. The van der Waals surface area contributed by atoms with E-state index in [1.54, 1.807) is 0 Å². The number of nitrogen functional groups attached to an aromatic ring is 1. The number of rotatable bonds is 5. The molecule has 0 saturated carbocycles. The highest BCUT2D eigenvalue weighted by atomic mass is 16.3. The highest BCUT2D eigenvalue weighted by molar-refractivity contribution is 5.53. The summed E-state index contributed by atoms with van der Waals surface area (Å²) < 4.78 is 0. The van der Waals surface area contributed by atoms with E-state index in [-0.39, 0.29) is 12.1 Å². The Morgan fingerprint density at radius 3 is 2.62 bits per heavy atom. The Bertz CT molecular complexity index is 559. The van der Waals surface area contributed by atoms with E-state index in [0.717, 1.165) is 50.4 Å². The van der Waals surface area contributed by atoms with Crippen molar-refractivity contribution in [3.05, 3.63) is 11.3 Å². The Labute approximate surface area is 145 Å². The van der Waals surface area contributed by atoms with Gasteiger partial charge in [0.15, 0.2) is 0 Å². The summed E-state index contributed by atoms with van der Waals surface area (Å²) in [5.74, 6) is 1.27. The van der Waals surface area contributed by atoms with Crippen molar-refractivity contribution in [2.45, 2.75) is 64.5 Å². The molecule has 1 aromatic rings. The summed E-state index contributed by atoms with van der Waals surface area (Å²) in [6.45, 7) is 7.87. The molecule has 3 rings (SSSR count). The van der Waals surface area contributed by atoms with E-state index >= 15 is 0 Å². The van der Waals surface area contributed by atoms with Crippen molar-refractivity contribution in [2.24, 2.45) is 0 Å². The summed E-state index contributed by atoms with van der Waals surface area (Å²) in [5, 5.41) is 10.6. The summed E-state index contributed by atoms with van der Waals surface area (Å²) in [4.78, 5) is 13.6. The molecule has 6 heteroatoms. The van der Waals surface area contributed by atoms with E-state index in [0.29, 0.717) is 12.5 Å². The summed E-state index contributed by atoms with van der Waals surface area (Å²) >= 11 is 0. The first-order chi connectivity index (χ1) is 11.6. The number of aliphatic hydroxyl groups excluding tert-OH is 1. The standard InChI is InChI=1S/C18H31N5O/c1-3-4-8-14-13(2)20-18(19)21-17(14)23-11-15(16(24)12-23)22-9-6-5-7-10-22/h15-16,24H,3-12H2,1-2H3,(H2,19,20,21)/t15-,16-/m0/s1. The van der Waals surface area contributed by atoms with Crippen LogP contribution in [0.5, 0.6) is 0 Å². The third-order valence-corrected chi connectivity index (χ3v) is 5.41. The van der Waals surface area contributed by atoms with Gasteiger partial charge in [-0.15, -0.1) is 0 Å². The quantitative estimate of drug-likeness (QED) is 0.855. The van der Waals surface area contributed by atoms with Gasteiger partial charge in [-0.3, -0.25) is 4.90 Å². The van der Waals surface area contributed by atoms with Gasteiger partial charge in [-0.05, 0) is 45.7 Å². The number of β-amino-alcohol motifs (C(OH)–C–C–N with tert-alkyl or cyclic N) is 1. The largest absolute Gasteiger partial charge is 0.390 e. The first-order valence-electron chi connectivity index (χ1n) is 9.40. The van der Waals surface area contributed by atoms with Crippen LogP contribution in [0.2, 0.25) is 0 Å². The molecule has 134 valence electrons. The molecule has 3 heterocycles. The lowest BCUT2D eigenvalue weighted by Crippen LogP contribution is -2.45. The van der Waals surface area contributed by atoms with E-state index < -0.39 is 0 Å². The zero-order chi connectivity index (χ0) is 17.1. The highest BCUT2D eigenvalue weighted by Crippen LogP contribution is 2.29. The number of hydrogen-bond acceptors (Lipinski definition) is 6. The second-order valence-corrected chi connectivity index (χ2v) is 7.21. The first kappa shape index (κ1) is 17.4. The highest BCUT2D eigenvalue weighted by Gasteiger charge is 2.37. The smallest absolute Gasteiger partial charge is 0.222 e. The van der Waals surface area contributed by atoms with Crippen LogP contribution < -0.4 is 10.6 Å². The van der Waals surface area contributed by atoms with Crippen LogP contribution in [0.15, 0.2) is 0 Å². The average molecular weight is 333 g/mol. The molecule has 0 unspecified atom stereocenters. The molecule has 2 aliphatic heterocycles. The minimum Gasteiger partial charge on any atom is -0.390 e. The van der Waals surface area contributed by atoms with Crippen molar-refractivity contribution in [3.8, 4) is 0 Å². The summed E-state index contributed by atoms with van der Waals surface area (Å²) in [5.41, 5.74) is 8.08. The fraction of sp³-hybridized carbons (Fsp3) is 0.778. The van der Waals surface area contributed by atoms with Gasteiger partial charge in [-0.1, -0.05) is 19.8 Å². The molecule has 2 saturated heterocycles. The number of hydrogen-bond donors (Lipinski definition) is 2. The Morgan fingerprint density at radius 1 is 1.17 bits per heavy atom. The van der Waals surface area contributed by atoms with Gasteiger partial charge >= 0.3 is 0 Å². The van der Waals surface area contributed by atoms with Crippen molar-refractivity contribution >= 4 is 11.8 Å². The average Bonchev–Trinajstić information content (AvgIpc) is 2.96. The second-order valence-electron chi connectivity index (χ2n) is 7.21. The maximum absolute atomic E-state index is 10.6. The zero-order valence-electron chi connectivity index (χ0n) is 15.0. The molecule has 0 aromatic carbocycles. The molecule has 2 fully saturated rings. The third kappa shape index (κ3) is 3.64. The van der Waals surface area contributed by atoms with Gasteiger partial charge in [0.1, 0.15) is 5.82 Å². The lowest BCUT2D eigenvalue weighted by atomic mass is 10.1. The Balaban J connectivity index is 1.81. The second kappa shape index (κ2) is 7.66. The molecule has 0 aliphatic carbocycles. The SMILES string of the molecule is CCCCc1c(C)nc(N)nc1N1C[C@H](O)[C@@H](N2CCCCC2)C1. The number of nitrogens with two attached hydrogens (primary N) is 1. The Morgan fingerprint density at radius 2 is 1.92 bits per heavy atom. The molecule has 0 radical (unpaired) electrons. The molecule has 0 amide bonds. The molecular weight excluding hydrogens is 302 g/mol. The minimum atomic E-state index is -0.321. The van der Waals surface area contributed by atoms with Crippen molar-refractivity contribution < 1.29 is 5.11 Å². The molecule has 0 bridgehead atoms. The molecule has 24 heavy (non-hydrogen) atoms. The molecule has 1 aromatic heterocycles. The van der Waals surface area contributed by atoms with Gasteiger partial charge in [-0.2, -0.15) is 4.98 Å². The normalized spacial score (nSPS) is 25.4. The molecule has 2 aliphatic rings. The van der Waals surface area contributed by atoms with Crippen LogP contribution in [-0.4, -0.2) is 58.3 Å². The number of nitrogens with zero attached hydrogens (tertiary/aromatic N) is 4. The molecule has 3 N–H and O–H groups in total. The van der Waals surface area contributed by atoms with Gasteiger partial charge in [0.25, 0.3) is 0 Å². The van der Waals surface area contributed by atoms with E-state index in [1.807, 2.05) is 6.92 Å². The van der Waals surface area contributed by atoms with Crippen molar-refractivity contribution in [1.82, 2.24) is 14.9 Å². The number of aliphatic hydroxyl groups is 1. The molecular formula is C18H31N5O. The van der Waals surface area contributed by atoms with Crippen LogP contribution in [0.4, 0.5) is 11.8 Å². The van der Waals surface area contributed by atoms with Crippen molar-refractivity contribution in [3.63, 3.8) is 0 Å². The lowest BCUT2D eigenvalue weighted by molar-refractivity contribution is 0.0706. The predicted octanol–water partition coefficient (Wildman–Crippen LogP) is 1.75. The van der Waals surface area contributed by atoms with Gasteiger partial charge in [-0.25, -0.2) is 4.98 Å². The zero-order valence-corrected chi connectivity index (χ0v) is 15.0. The van der Waals surface area contributed by atoms with Gasteiger partial charge in [0, 0.05) is 24.3 Å². The van der Waals surface area contributed by atoms with Crippen LogP contribution in [0.25, 0.3) is 0 Å². The van der Waals surface area contributed by atoms with Gasteiger partial charge < -0.3 is 15.7 Å². The van der Waals surface area contributed by atoms with E-state index in [9.17, 15) is 5.11 Å². The molecule has 6 nitrogen and oxygen atoms in total. The maximum Gasteiger partial charge on any atom is 0.222 e. The van der Waals surface area contributed by atoms with Crippen LogP contribution in [-0.2, 0) is 6.42 Å². The van der Waals surface area contributed by atoms with Crippen LogP contribution in [0, 0.1) is 6.92 Å². The molecule has 2 atom stereocenters. The fourth-order valence-corrected chi connectivity index (χ4v) is 4.06. The van der Waals surface area contributed by atoms with Crippen LogP contribution in [0.3, 0.4) is 0 Å². The van der Waals surface area contributed by atoms with E-state index in [4.69, 9.17) is 5.73 Å². The number of piperidine rings is 1. The van der Waals surface area contributed by atoms with Crippen LogP contribution >= 0.6 is 0 Å². The Kier molecular flexibility index (Phi) is 5.56. The fourth-order valence-electron chi connectivity index (χ4n) is 4.06. The van der Waals surface area contributed by atoms with Crippen molar-refractivity contribution in [2.75, 3.05) is 36.8 Å². The summed E-state index contributed by atoms with van der Waals surface area (Å²) in [6, 6.07) is 0.209. The van der Waals surface area contributed by atoms with Gasteiger partial charge in [0.05, 0.1) is 12.1 Å². The number of likely N-dealkylation sites (tertiary alicyclic amines) is 1. The minimum absolute atomic E-state index is 0.209.